The maximum Gasteiger partial charge on any atom is 0.410 e. The van der Waals surface area contributed by atoms with Crippen LogP contribution in [0.15, 0.2) is 0 Å². The number of hydrogen-bond acceptors (Lipinski definition) is 3. The normalized spacial score (nSPS) is 31.8. The third-order valence-corrected chi connectivity index (χ3v) is 3.96. The number of fused-ring (bicyclic) bond motifs is 1. The Hall–Kier alpha value is -1.26. The number of nitrogens with zero attached hydrogens (tertiary/aromatic N) is 1. The fourth-order valence-corrected chi connectivity index (χ4v) is 3.10. The van der Waals surface area contributed by atoms with Gasteiger partial charge in [-0.25, -0.2) is 4.79 Å². The minimum absolute atomic E-state index is 0.0518. The van der Waals surface area contributed by atoms with Crippen molar-refractivity contribution in [3.05, 3.63) is 0 Å². The van der Waals surface area contributed by atoms with Crippen molar-refractivity contribution in [1.82, 2.24) is 4.90 Å². The second-order valence-corrected chi connectivity index (χ2v) is 6.40. The lowest BCUT2D eigenvalue weighted by atomic mass is 9.67. The van der Waals surface area contributed by atoms with Gasteiger partial charge in [0.05, 0.1) is 5.92 Å². The molecule has 0 radical (unpaired) electrons. The van der Waals surface area contributed by atoms with E-state index in [2.05, 4.69) is 0 Å². The zero-order chi connectivity index (χ0) is 13.7. The van der Waals surface area contributed by atoms with Crippen LogP contribution in [0.2, 0.25) is 0 Å². The number of carboxylic acids is 1. The molecule has 3 fully saturated rings. The van der Waals surface area contributed by atoms with Crippen LogP contribution in [-0.2, 0) is 9.53 Å². The van der Waals surface area contributed by atoms with Crippen LogP contribution in [-0.4, -0.2) is 40.3 Å². The fourth-order valence-electron chi connectivity index (χ4n) is 3.10. The monoisotopic (exact) mass is 255 g/mol. The molecule has 3 aliphatic rings. The highest BCUT2D eigenvalue weighted by Gasteiger charge is 2.57. The van der Waals surface area contributed by atoms with Crippen LogP contribution >= 0.6 is 0 Å². The SMILES string of the molecule is CC(C(=O)O)C1[C@H]2C[C@@H]1N(C(=O)OC(C)(C)C)C2. The highest BCUT2D eigenvalue weighted by atomic mass is 16.6. The van der Waals surface area contributed by atoms with Gasteiger partial charge in [0.1, 0.15) is 5.60 Å². The zero-order valence-electron chi connectivity index (χ0n) is 11.3. The van der Waals surface area contributed by atoms with E-state index >= 15 is 0 Å². The summed E-state index contributed by atoms with van der Waals surface area (Å²) in [5.74, 6) is -0.745. The van der Waals surface area contributed by atoms with Gasteiger partial charge in [0, 0.05) is 12.6 Å². The maximum absolute atomic E-state index is 12.0. The van der Waals surface area contributed by atoms with Gasteiger partial charge in [0.15, 0.2) is 0 Å². The van der Waals surface area contributed by atoms with Crippen LogP contribution in [0.25, 0.3) is 0 Å². The van der Waals surface area contributed by atoms with E-state index in [1.54, 1.807) is 11.8 Å². The van der Waals surface area contributed by atoms with Crippen molar-refractivity contribution >= 4 is 12.1 Å². The van der Waals surface area contributed by atoms with Crippen molar-refractivity contribution in [3.8, 4) is 0 Å². The van der Waals surface area contributed by atoms with Gasteiger partial charge in [0.25, 0.3) is 0 Å². The van der Waals surface area contributed by atoms with Crippen molar-refractivity contribution in [2.75, 3.05) is 6.54 Å². The Balaban J connectivity index is 2.00. The second kappa shape index (κ2) is 4.14. The van der Waals surface area contributed by atoms with Gasteiger partial charge in [-0.05, 0) is 39.0 Å². The molecule has 5 nitrogen and oxygen atoms in total. The van der Waals surface area contributed by atoms with Crippen LogP contribution in [0.1, 0.15) is 34.1 Å². The third kappa shape index (κ3) is 2.18. The molecule has 0 aromatic rings. The van der Waals surface area contributed by atoms with E-state index in [0.29, 0.717) is 12.5 Å². The average Bonchev–Trinajstić information content (AvgIpc) is 2.71. The number of carboxylic acid groups (broad SMARTS) is 1. The first kappa shape index (κ1) is 13.2. The van der Waals surface area contributed by atoms with Crippen LogP contribution < -0.4 is 0 Å². The molecule has 2 aliphatic heterocycles. The highest BCUT2D eigenvalue weighted by Crippen LogP contribution is 2.50. The molecule has 1 saturated carbocycles. The molecule has 2 saturated heterocycles. The number of ether oxygens (including phenoxy) is 1. The van der Waals surface area contributed by atoms with Gasteiger partial charge >= 0.3 is 12.1 Å². The standard InChI is InChI=1S/C13H21NO4/c1-7(11(15)16)10-8-5-9(10)14(6-8)12(17)18-13(2,3)4/h7-10H,5-6H2,1-4H3,(H,15,16)/t7?,8-,9-,10?/m0/s1. The van der Waals surface area contributed by atoms with Crippen molar-refractivity contribution in [2.45, 2.75) is 45.8 Å². The summed E-state index contributed by atoms with van der Waals surface area (Å²) < 4.78 is 5.35. The lowest BCUT2D eigenvalue weighted by Gasteiger charge is -2.39. The molecule has 18 heavy (non-hydrogen) atoms. The van der Waals surface area contributed by atoms with E-state index in [0.717, 1.165) is 6.42 Å². The summed E-state index contributed by atoms with van der Waals surface area (Å²) in [4.78, 5) is 24.7. The Morgan fingerprint density at radius 1 is 1.39 bits per heavy atom. The molecule has 5 heteroatoms. The van der Waals surface area contributed by atoms with E-state index in [9.17, 15) is 9.59 Å². The van der Waals surface area contributed by atoms with Crippen molar-refractivity contribution in [1.29, 1.82) is 0 Å². The van der Waals surface area contributed by atoms with Gasteiger partial charge in [-0.2, -0.15) is 0 Å². The Morgan fingerprint density at radius 2 is 2.00 bits per heavy atom. The third-order valence-electron chi connectivity index (χ3n) is 3.96. The molecule has 0 aromatic carbocycles. The molecule has 1 N–H and O–H groups in total. The fraction of sp³-hybridized carbons (Fsp3) is 0.846. The largest absolute Gasteiger partial charge is 0.481 e. The Labute approximate surface area is 107 Å². The minimum atomic E-state index is -0.777. The molecule has 102 valence electrons. The van der Waals surface area contributed by atoms with Gasteiger partial charge in [0.2, 0.25) is 0 Å². The van der Waals surface area contributed by atoms with Gasteiger partial charge in [-0.3, -0.25) is 4.79 Å². The minimum Gasteiger partial charge on any atom is -0.481 e. The number of aliphatic carboxylic acids is 1. The maximum atomic E-state index is 12.0. The molecular formula is C13H21NO4. The predicted octanol–water partition coefficient (Wildman–Crippen LogP) is 1.96. The molecule has 0 spiro atoms. The Bertz CT molecular complexity index is 374. The topological polar surface area (TPSA) is 66.8 Å². The van der Waals surface area contributed by atoms with Crippen molar-refractivity contribution in [3.63, 3.8) is 0 Å². The van der Waals surface area contributed by atoms with E-state index < -0.39 is 11.6 Å². The lowest BCUT2D eigenvalue weighted by molar-refractivity contribution is -0.145. The summed E-state index contributed by atoms with van der Waals surface area (Å²) in [7, 11) is 0. The first-order valence-corrected chi connectivity index (χ1v) is 6.43. The molecule has 2 bridgehead atoms. The number of carbonyl (C=O) groups is 2. The Morgan fingerprint density at radius 3 is 2.50 bits per heavy atom. The number of amides is 1. The zero-order valence-corrected chi connectivity index (χ0v) is 11.3. The summed E-state index contributed by atoms with van der Waals surface area (Å²) in [6.07, 6.45) is 0.608. The lowest BCUT2D eigenvalue weighted by Crippen LogP contribution is -2.47. The average molecular weight is 255 g/mol. The highest BCUT2D eigenvalue weighted by molar-refractivity contribution is 5.72. The summed E-state index contributed by atoms with van der Waals surface area (Å²) in [6.45, 7) is 7.88. The first-order chi connectivity index (χ1) is 8.20. The molecule has 3 rings (SSSR count). The van der Waals surface area contributed by atoms with Gasteiger partial charge in [-0.15, -0.1) is 0 Å². The van der Waals surface area contributed by atoms with Crippen LogP contribution in [0.5, 0.6) is 0 Å². The van der Waals surface area contributed by atoms with Crippen LogP contribution in [0.3, 0.4) is 0 Å². The first-order valence-electron chi connectivity index (χ1n) is 6.43. The summed E-state index contributed by atoms with van der Waals surface area (Å²) >= 11 is 0. The molecule has 4 atom stereocenters. The van der Waals surface area contributed by atoms with Crippen LogP contribution in [0.4, 0.5) is 4.79 Å². The van der Waals surface area contributed by atoms with Gasteiger partial charge < -0.3 is 14.7 Å². The molecular weight excluding hydrogens is 234 g/mol. The molecule has 2 unspecified atom stereocenters. The summed E-state index contributed by atoms with van der Waals surface area (Å²) in [5.41, 5.74) is -0.502. The number of carbonyl (C=O) groups excluding carboxylic acids is 1. The molecule has 1 aliphatic carbocycles. The molecule has 0 aromatic heterocycles. The van der Waals surface area contributed by atoms with E-state index in [-0.39, 0.29) is 24.0 Å². The summed E-state index contributed by atoms with van der Waals surface area (Å²) in [6, 6.07) is 0.0518. The van der Waals surface area contributed by atoms with Gasteiger partial charge in [-0.1, -0.05) is 6.92 Å². The van der Waals surface area contributed by atoms with E-state index in [1.807, 2.05) is 20.8 Å². The Kier molecular flexibility index (Phi) is 3.03. The second-order valence-electron chi connectivity index (χ2n) is 6.40. The van der Waals surface area contributed by atoms with Crippen molar-refractivity contribution in [2.24, 2.45) is 17.8 Å². The number of rotatable bonds is 2. The molecule has 2 heterocycles. The van der Waals surface area contributed by atoms with Crippen molar-refractivity contribution < 1.29 is 19.4 Å². The molecule has 1 amide bonds. The predicted molar refractivity (Wildman–Crippen MR) is 65.1 cm³/mol. The summed E-state index contributed by atoms with van der Waals surface area (Å²) in [5, 5.41) is 9.06. The smallest absolute Gasteiger partial charge is 0.410 e. The van der Waals surface area contributed by atoms with E-state index in [1.165, 1.54) is 0 Å². The van der Waals surface area contributed by atoms with Crippen LogP contribution in [0, 0.1) is 17.8 Å². The van der Waals surface area contributed by atoms with E-state index in [4.69, 9.17) is 9.84 Å². The quantitative estimate of drug-likeness (QED) is 0.819. The number of hydrogen-bond donors (Lipinski definition) is 1.